The van der Waals surface area contributed by atoms with Crippen LogP contribution in [0.2, 0.25) is 0 Å². The summed E-state index contributed by atoms with van der Waals surface area (Å²) >= 11 is 5.58. The van der Waals surface area contributed by atoms with Gasteiger partial charge in [0.1, 0.15) is 12.6 Å². The second-order valence-electron chi connectivity index (χ2n) is 5.86. The summed E-state index contributed by atoms with van der Waals surface area (Å²) < 4.78 is 5.26. The lowest BCUT2D eigenvalue weighted by Crippen LogP contribution is -2.39. The molecule has 0 radical (unpaired) electrons. The maximum absolute atomic E-state index is 12.1. The third-order valence-electron chi connectivity index (χ3n) is 3.42. The molecule has 0 saturated carbocycles. The highest BCUT2D eigenvalue weighted by Gasteiger charge is 2.43. The van der Waals surface area contributed by atoms with Gasteiger partial charge in [-0.15, -0.1) is 0 Å². The quantitative estimate of drug-likeness (QED) is 0.805. The molecular formula is C15H18ClNO3. The lowest BCUT2D eigenvalue weighted by molar-refractivity contribution is -0.115. The van der Waals surface area contributed by atoms with Crippen molar-refractivity contribution in [2.45, 2.75) is 32.9 Å². The monoisotopic (exact) mass is 295 g/mol. The Hall–Kier alpha value is -1.55. The first-order valence-corrected chi connectivity index (χ1v) is 6.93. The van der Waals surface area contributed by atoms with E-state index in [1.54, 1.807) is 0 Å². The lowest BCUT2D eigenvalue weighted by Gasteiger charge is -2.21. The number of carbonyl (C=O) groups is 2. The Labute approximate surface area is 123 Å². The van der Waals surface area contributed by atoms with Crippen LogP contribution in [0, 0.1) is 5.41 Å². The molecular weight excluding hydrogens is 278 g/mol. The van der Waals surface area contributed by atoms with Crippen molar-refractivity contribution in [2.24, 2.45) is 5.41 Å². The summed E-state index contributed by atoms with van der Waals surface area (Å²) in [7, 11) is 0. The van der Waals surface area contributed by atoms with E-state index in [0.717, 1.165) is 5.56 Å². The molecule has 20 heavy (non-hydrogen) atoms. The van der Waals surface area contributed by atoms with Crippen molar-refractivity contribution in [2.75, 3.05) is 6.54 Å². The van der Waals surface area contributed by atoms with Crippen molar-refractivity contribution in [3.05, 3.63) is 35.9 Å². The van der Waals surface area contributed by atoms with Gasteiger partial charge in [0, 0.05) is 6.54 Å². The number of benzene rings is 1. The van der Waals surface area contributed by atoms with Crippen LogP contribution in [0.3, 0.4) is 0 Å². The molecule has 1 aliphatic heterocycles. The molecule has 0 aliphatic carbocycles. The van der Waals surface area contributed by atoms with E-state index in [0.29, 0.717) is 13.0 Å². The Kier molecular flexibility index (Phi) is 4.33. The zero-order valence-corrected chi connectivity index (χ0v) is 12.4. The molecule has 1 aromatic rings. The largest absolute Gasteiger partial charge is 0.445 e. The van der Waals surface area contributed by atoms with Gasteiger partial charge in [0.15, 0.2) is 0 Å². The predicted molar refractivity (Wildman–Crippen MR) is 76.4 cm³/mol. The van der Waals surface area contributed by atoms with Crippen LogP contribution in [-0.4, -0.2) is 28.8 Å². The number of amides is 1. The Morgan fingerprint density at radius 2 is 2.00 bits per heavy atom. The van der Waals surface area contributed by atoms with Gasteiger partial charge in [0.2, 0.25) is 5.24 Å². The first-order chi connectivity index (χ1) is 9.39. The fourth-order valence-electron chi connectivity index (χ4n) is 2.47. The van der Waals surface area contributed by atoms with Crippen LogP contribution in [0.5, 0.6) is 0 Å². The minimum Gasteiger partial charge on any atom is -0.445 e. The molecule has 108 valence electrons. The van der Waals surface area contributed by atoms with Crippen LogP contribution in [-0.2, 0) is 16.1 Å². The van der Waals surface area contributed by atoms with Crippen LogP contribution in [0.25, 0.3) is 0 Å². The third-order valence-corrected chi connectivity index (χ3v) is 3.67. The van der Waals surface area contributed by atoms with E-state index >= 15 is 0 Å². The van der Waals surface area contributed by atoms with Crippen molar-refractivity contribution in [3.63, 3.8) is 0 Å². The van der Waals surface area contributed by atoms with Gasteiger partial charge in [-0.2, -0.15) is 0 Å². The topological polar surface area (TPSA) is 46.6 Å². The average Bonchev–Trinajstić information content (AvgIpc) is 2.74. The molecule has 1 saturated heterocycles. The van der Waals surface area contributed by atoms with E-state index in [9.17, 15) is 9.59 Å². The highest BCUT2D eigenvalue weighted by molar-refractivity contribution is 6.64. The molecule has 4 nitrogen and oxygen atoms in total. The molecule has 0 N–H and O–H groups in total. The molecule has 5 heteroatoms. The number of ether oxygens (including phenoxy) is 1. The number of hydrogen-bond acceptors (Lipinski definition) is 3. The number of nitrogens with zero attached hydrogens (tertiary/aromatic N) is 1. The zero-order valence-electron chi connectivity index (χ0n) is 11.6. The van der Waals surface area contributed by atoms with Gasteiger partial charge in [0.25, 0.3) is 0 Å². The maximum atomic E-state index is 12.1. The predicted octanol–water partition coefficient (Wildman–Crippen LogP) is 3.19. The third kappa shape index (κ3) is 3.51. The summed E-state index contributed by atoms with van der Waals surface area (Å²) in [4.78, 5) is 25.0. The molecule has 1 amide bonds. The van der Waals surface area contributed by atoms with E-state index in [-0.39, 0.29) is 12.0 Å². The summed E-state index contributed by atoms with van der Waals surface area (Å²) in [6.45, 7) is 4.68. The van der Waals surface area contributed by atoms with Gasteiger partial charge in [-0.3, -0.25) is 9.69 Å². The van der Waals surface area contributed by atoms with Crippen LogP contribution in [0.15, 0.2) is 30.3 Å². The first kappa shape index (κ1) is 14.9. The van der Waals surface area contributed by atoms with Gasteiger partial charge in [0.05, 0.1) is 0 Å². The van der Waals surface area contributed by atoms with Crippen LogP contribution in [0.1, 0.15) is 25.8 Å². The number of carbonyl (C=O) groups excluding carboxylic acids is 2. The van der Waals surface area contributed by atoms with Crippen LogP contribution < -0.4 is 0 Å². The van der Waals surface area contributed by atoms with Crippen molar-refractivity contribution in [3.8, 4) is 0 Å². The van der Waals surface area contributed by atoms with Gasteiger partial charge in [-0.25, -0.2) is 4.79 Å². The van der Waals surface area contributed by atoms with E-state index in [1.165, 1.54) is 4.90 Å². The zero-order chi connectivity index (χ0) is 14.8. The summed E-state index contributed by atoms with van der Waals surface area (Å²) in [6.07, 6.45) is 0.0777. The summed E-state index contributed by atoms with van der Waals surface area (Å²) in [6, 6.07) is 8.84. The SMILES string of the molecule is CC1(C)C[C@@H](C(=O)Cl)N(C(=O)OCc2ccccc2)C1. The first-order valence-electron chi connectivity index (χ1n) is 6.56. The highest BCUT2D eigenvalue weighted by Crippen LogP contribution is 2.35. The fourth-order valence-corrected chi connectivity index (χ4v) is 2.66. The molecule has 0 unspecified atom stereocenters. The van der Waals surface area contributed by atoms with Crippen molar-refractivity contribution in [1.29, 1.82) is 0 Å². The van der Waals surface area contributed by atoms with E-state index < -0.39 is 17.4 Å². The summed E-state index contributed by atoms with van der Waals surface area (Å²) in [5.74, 6) is 0. The Bertz CT molecular complexity index is 501. The maximum Gasteiger partial charge on any atom is 0.410 e. The lowest BCUT2D eigenvalue weighted by atomic mass is 9.91. The number of rotatable bonds is 3. The highest BCUT2D eigenvalue weighted by atomic mass is 35.5. The van der Waals surface area contributed by atoms with Crippen LogP contribution in [0.4, 0.5) is 4.79 Å². The van der Waals surface area contributed by atoms with Gasteiger partial charge in [-0.05, 0) is 29.0 Å². The summed E-state index contributed by atoms with van der Waals surface area (Å²) in [5, 5.41) is -0.507. The molecule has 1 aromatic carbocycles. The molecule has 2 rings (SSSR count). The molecule has 1 atom stereocenters. The molecule has 0 aromatic heterocycles. The van der Waals surface area contributed by atoms with E-state index in [1.807, 2.05) is 44.2 Å². The second-order valence-corrected chi connectivity index (χ2v) is 6.23. The Balaban J connectivity index is 1.99. The van der Waals surface area contributed by atoms with Gasteiger partial charge in [-0.1, -0.05) is 44.2 Å². The second kappa shape index (κ2) is 5.83. The van der Waals surface area contributed by atoms with Crippen LogP contribution >= 0.6 is 11.6 Å². The van der Waals surface area contributed by atoms with Gasteiger partial charge < -0.3 is 4.74 Å². The normalized spacial score (nSPS) is 20.8. The van der Waals surface area contributed by atoms with E-state index in [4.69, 9.17) is 16.3 Å². The van der Waals surface area contributed by atoms with Crippen molar-refractivity contribution >= 4 is 22.9 Å². The Morgan fingerprint density at radius 3 is 2.60 bits per heavy atom. The number of hydrogen-bond donors (Lipinski definition) is 0. The average molecular weight is 296 g/mol. The minimum absolute atomic E-state index is 0.124. The smallest absolute Gasteiger partial charge is 0.410 e. The molecule has 0 spiro atoms. The number of halogens is 1. The van der Waals surface area contributed by atoms with E-state index in [2.05, 4.69) is 0 Å². The molecule has 1 heterocycles. The summed E-state index contributed by atoms with van der Waals surface area (Å²) in [5.41, 5.74) is 0.786. The minimum atomic E-state index is -0.588. The fraction of sp³-hybridized carbons (Fsp3) is 0.467. The number of likely N-dealkylation sites (tertiary alicyclic amines) is 1. The van der Waals surface area contributed by atoms with Crippen molar-refractivity contribution in [1.82, 2.24) is 4.90 Å². The Morgan fingerprint density at radius 1 is 1.35 bits per heavy atom. The molecule has 0 bridgehead atoms. The molecule has 1 aliphatic rings. The van der Waals surface area contributed by atoms with Crippen molar-refractivity contribution < 1.29 is 14.3 Å². The standard InChI is InChI=1S/C15H18ClNO3/c1-15(2)8-12(13(16)18)17(10-15)14(19)20-9-11-6-4-3-5-7-11/h3-7,12H,8-10H2,1-2H3/t12-/m0/s1. The molecule has 1 fully saturated rings. The van der Waals surface area contributed by atoms with Gasteiger partial charge >= 0.3 is 6.09 Å².